The lowest BCUT2D eigenvalue weighted by atomic mass is 9.73. The first-order valence-corrected chi connectivity index (χ1v) is 15.9. The van der Waals surface area contributed by atoms with E-state index in [1.165, 1.54) is 5.57 Å². The number of nitrogens with one attached hydrogen (secondary N) is 2. The first kappa shape index (κ1) is 31.5. The first-order chi connectivity index (χ1) is 19.7. The molecule has 1 aromatic rings. The van der Waals surface area contributed by atoms with Crippen LogP contribution < -0.4 is 20.1 Å². The number of hydrogen-bond donors (Lipinski definition) is 2. The fourth-order valence-electron chi connectivity index (χ4n) is 5.93. The molecule has 1 amide bonds. The molecule has 0 radical (unpaired) electrons. The van der Waals surface area contributed by atoms with Crippen LogP contribution in [0.4, 0.5) is 4.79 Å². The zero-order chi connectivity index (χ0) is 29.5. The molecule has 0 bridgehead atoms. The molecule has 8 heteroatoms. The van der Waals surface area contributed by atoms with Crippen molar-refractivity contribution in [3.63, 3.8) is 0 Å². The summed E-state index contributed by atoms with van der Waals surface area (Å²) in [5.41, 5.74) is 4.41. The van der Waals surface area contributed by atoms with E-state index in [1.807, 2.05) is 6.07 Å². The summed E-state index contributed by atoms with van der Waals surface area (Å²) in [7, 11) is 4.23. The fraction of sp³-hybridized carbons (Fsp3) is 0.636. The van der Waals surface area contributed by atoms with Crippen LogP contribution in [0.2, 0.25) is 0 Å². The molecule has 6 atom stereocenters. The summed E-state index contributed by atoms with van der Waals surface area (Å²) in [4.78, 5) is 17.7. The quantitative estimate of drug-likeness (QED) is 0.117. The summed E-state index contributed by atoms with van der Waals surface area (Å²) >= 11 is 5.68. The second kappa shape index (κ2) is 14.7. The molecule has 2 fully saturated rings. The van der Waals surface area contributed by atoms with E-state index in [2.05, 4.69) is 74.0 Å². The summed E-state index contributed by atoms with van der Waals surface area (Å²) in [5, 5.41) is 6.63. The third kappa shape index (κ3) is 9.29. The van der Waals surface area contributed by atoms with Gasteiger partial charge in [0.05, 0.1) is 0 Å². The van der Waals surface area contributed by atoms with Gasteiger partial charge in [0.25, 0.3) is 5.17 Å². The second-order valence-corrected chi connectivity index (χ2v) is 12.8. The van der Waals surface area contributed by atoms with Crippen molar-refractivity contribution in [1.82, 2.24) is 20.4 Å². The van der Waals surface area contributed by atoms with Crippen LogP contribution in [0, 0.1) is 5.92 Å². The minimum Gasteiger partial charge on any atom is -0.431 e. The average molecular weight is 583 g/mol. The zero-order valence-electron chi connectivity index (χ0n) is 25.8. The Morgan fingerprint density at radius 3 is 2.24 bits per heavy atom. The summed E-state index contributed by atoms with van der Waals surface area (Å²) in [6, 6.07) is 5.31. The van der Waals surface area contributed by atoms with Crippen LogP contribution in [-0.2, 0) is 6.42 Å². The van der Waals surface area contributed by atoms with E-state index in [9.17, 15) is 4.79 Å². The van der Waals surface area contributed by atoms with Crippen molar-refractivity contribution in [3.05, 3.63) is 47.1 Å². The standard InChI is InChI=1S/C33H50N4O3S/c1-7-8-9-10-24-18-29(39-32(38)34-15-13-25-20-36(25)5)31(28-17-23(4)11-12-27(28)22(2)3)30(19-24)40-33(41)35-16-14-26-21-37(26)6/h17-19,25-28H,2,7-16,20-21H2,1,3-6H3,(H,34,38)(H,35,41)/t25?,26?,27-,28+,36?,37?/m0/s1. The first-order valence-electron chi connectivity index (χ1n) is 15.5. The van der Waals surface area contributed by atoms with Crippen LogP contribution in [0.1, 0.15) is 82.8 Å². The van der Waals surface area contributed by atoms with Gasteiger partial charge in [-0.3, -0.25) is 0 Å². The van der Waals surface area contributed by atoms with Gasteiger partial charge in [-0.25, -0.2) is 4.79 Å². The Kier molecular flexibility index (Phi) is 11.3. The van der Waals surface area contributed by atoms with Crippen LogP contribution in [0.25, 0.3) is 0 Å². The number of carbonyl (C=O) groups excluding carboxylic acids is 1. The third-order valence-electron chi connectivity index (χ3n) is 8.82. The van der Waals surface area contributed by atoms with Gasteiger partial charge >= 0.3 is 6.09 Å². The van der Waals surface area contributed by atoms with Gasteiger partial charge in [-0.1, -0.05) is 43.6 Å². The molecule has 2 N–H and O–H groups in total. The molecule has 1 aromatic carbocycles. The number of ether oxygens (including phenoxy) is 2. The van der Waals surface area contributed by atoms with Crippen LogP contribution in [0.3, 0.4) is 0 Å². The monoisotopic (exact) mass is 582 g/mol. The van der Waals surface area contributed by atoms with E-state index >= 15 is 0 Å². The molecule has 0 aromatic heterocycles. The molecular formula is C33H50N4O3S. The highest BCUT2D eigenvalue weighted by Gasteiger charge is 2.33. The van der Waals surface area contributed by atoms with E-state index in [-0.39, 0.29) is 11.8 Å². The molecule has 4 unspecified atom stereocenters. The van der Waals surface area contributed by atoms with Crippen LogP contribution in [0.15, 0.2) is 35.9 Å². The number of thiocarbonyl (C=S) groups is 1. The van der Waals surface area contributed by atoms with Gasteiger partial charge in [-0.15, -0.1) is 0 Å². The number of rotatable bonds is 14. The Bertz CT molecular complexity index is 1080. The Labute approximate surface area is 252 Å². The number of carbonyl (C=O) groups is 1. The normalized spacial score (nSPS) is 26.5. The number of allylic oxidation sites excluding steroid dienone is 3. The van der Waals surface area contributed by atoms with Crippen molar-refractivity contribution in [3.8, 4) is 11.5 Å². The predicted molar refractivity (Wildman–Crippen MR) is 171 cm³/mol. The molecule has 7 nitrogen and oxygen atoms in total. The number of unbranched alkanes of at least 4 members (excludes halogenated alkanes) is 2. The van der Waals surface area contributed by atoms with Gasteiger partial charge in [0, 0.05) is 49.7 Å². The Balaban J connectivity index is 1.63. The van der Waals surface area contributed by atoms with Crippen molar-refractivity contribution in [2.24, 2.45) is 5.92 Å². The Morgan fingerprint density at radius 2 is 1.66 bits per heavy atom. The van der Waals surface area contributed by atoms with Gasteiger partial charge in [-0.2, -0.15) is 0 Å². The molecular weight excluding hydrogens is 532 g/mol. The topological polar surface area (TPSA) is 65.6 Å². The van der Waals surface area contributed by atoms with Crippen molar-refractivity contribution in [2.75, 3.05) is 40.3 Å². The number of likely N-dealkylation sites (N-methyl/N-ethyl adjacent to an activating group) is 2. The molecule has 0 saturated carbocycles. The smallest absolute Gasteiger partial charge is 0.412 e. The molecule has 1 aliphatic carbocycles. The molecule has 2 aliphatic heterocycles. The van der Waals surface area contributed by atoms with Gasteiger partial charge in [0.2, 0.25) is 0 Å². The predicted octanol–water partition coefficient (Wildman–Crippen LogP) is 6.19. The van der Waals surface area contributed by atoms with Crippen molar-refractivity contribution in [1.29, 1.82) is 0 Å². The molecule has 3 aliphatic rings. The highest BCUT2D eigenvalue weighted by molar-refractivity contribution is 7.80. The maximum Gasteiger partial charge on any atom is 0.412 e. The van der Waals surface area contributed by atoms with Crippen molar-refractivity contribution >= 4 is 23.5 Å². The molecule has 4 rings (SSSR count). The lowest BCUT2D eigenvalue weighted by Gasteiger charge is -2.32. The molecule has 226 valence electrons. The van der Waals surface area contributed by atoms with Gasteiger partial charge in [0.1, 0.15) is 11.5 Å². The van der Waals surface area contributed by atoms with Gasteiger partial charge in [0.15, 0.2) is 0 Å². The van der Waals surface area contributed by atoms with E-state index < -0.39 is 6.09 Å². The summed E-state index contributed by atoms with van der Waals surface area (Å²) < 4.78 is 12.5. The number of nitrogens with zero attached hydrogens (tertiary/aromatic N) is 2. The zero-order valence-corrected chi connectivity index (χ0v) is 26.6. The maximum absolute atomic E-state index is 13.1. The van der Waals surface area contributed by atoms with Crippen molar-refractivity contribution in [2.45, 2.75) is 90.1 Å². The molecule has 2 saturated heterocycles. The summed E-state index contributed by atoms with van der Waals surface area (Å²) in [5.74, 6) is 1.42. The minimum absolute atomic E-state index is 0.0215. The van der Waals surface area contributed by atoms with Gasteiger partial charge < -0.3 is 29.9 Å². The fourth-order valence-corrected chi connectivity index (χ4v) is 6.12. The highest BCUT2D eigenvalue weighted by Crippen LogP contribution is 2.47. The van der Waals surface area contributed by atoms with E-state index in [0.717, 1.165) is 87.7 Å². The molecule has 41 heavy (non-hydrogen) atoms. The van der Waals surface area contributed by atoms with E-state index in [1.54, 1.807) is 0 Å². The van der Waals surface area contributed by atoms with Crippen LogP contribution >= 0.6 is 12.2 Å². The highest BCUT2D eigenvalue weighted by atomic mass is 32.1. The van der Waals surface area contributed by atoms with Crippen molar-refractivity contribution < 1.29 is 14.3 Å². The Morgan fingerprint density at radius 1 is 1.05 bits per heavy atom. The lowest BCUT2D eigenvalue weighted by molar-refractivity contribution is 0.199. The van der Waals surface area contributed by atoms with Crippen LogP contribution in [-0.4, -0.2) is 73.4 Å². The number of benzene rings is 1. The van der Waals surface area contributed by atoms with Gasteiger partial charge in [-0.05, 0) is 102 Å². The van der Waals surface area contributed by atoms with E-state index in [0.29, 0.717) is 35.3 Å². The maximum atomic E-state index is 13.1. The number of aryl methyl sites for hydroxylation is 1. The summed E-state index contributed by atoms with van der Waals surface area (Å²) in [6.45, 7) is 14.4. The number of hydrogen-bond acceptors (Lipinski definition) is 6. The average Bonchev–Trinajstić information content (AvgIpc) is 3.81. The summed E-state index contributed by atoms with van der Waals surface area (Å²) in [6.07, 6.45) is 10.1. The largest absolute Gasteiger partial charge is 0.431 e. The third-order valence-corrected chi connectivity index (χ3v) is 9.05. The lowest BCUT2D eigenvalue weighted by Crippen LogP contribution is -2.31. The Hall–Kier alpha value is -2.42. The number of amides is 1. The van der Waals surface area contributed by atoms with E-state index in [4.69, 9.17) is 21.7 Å². The van der Waals surface area contributed by atoms with Crippen LogP contribution in [0.5, 0.6) is 11.5 Å². The second-order valence-electron chi connectivity index (χ2n) is 12.4. The SMILES string of the molecule is C=C(C)[C@@H]1CCC(C)=C[C@H]1c1c(OC(=O)NCCC2CN2C)cc(CCCCC)cc1OC(=S)NCCC1CN1C. The molecule has 0 spiro atoms. The molecule has 2 heterocycles. The minimum atomic E-state index is -0.427.